The number of hydrogen-bond donors (Lipinski definition) is 2. The first kappa shape index (κ1) is 17.5. The van der Waals surface area contributed by atoms with Gasteiger partial charge in [0, 0.05) is 26.7 Å². The Hall–Kier alpha value is -1.57. The first-order valence-corrected chi connectivity index (χ1v) is 7.78. The van der Waals surface area contributed by atoms with E-state index < -0.39 is 0 Å². The highest BCUT2D eigenvalue weighted by Crippen LogP contribution is 2.21. The third kappa shape index (κ3) is 6.16. The molecule has 0 saturated carbocycles. The molecule has 1 aromatic rings. The van der Waals surface area contributed by atoms with Crippen LogP contribution in [0.5, 0.6) is 0 Å². The summed E-state index contributed by atoms with van der Waals surface area (Å²) in [4.78, 5) is 2.12. The van der Waals surface area contributed by atoms with Crippen LogP contribution in [-0.2, 0) is 6.54 Å². The number of unbranched alkanes of at least 4 members (excludes halogenated alkanes) is 2. The van der Waals surface area contributed by atoms with Gasteiger partial charge in [0.15, 0.2) is 0 Å². The Morgan fingerprint density at radius 3 is 2.76 bits per heavy atom. The molecule has 0 saturated heterocycles. The summed E-state index contributed by atoms with van der Waals surface area (Å²) in [5.74, 6) is 0. The summed E-state index contributed by atoms with van der Waals surface area (Å²) in [5, 5.41) is 21.5. The summed E-state index contributed by atoms with van der Waals surface area (Å²) in [5.41, 5.74) is 2.87. The molecule has 0 aliphatic heterocycles. The van der Waals surface area contributed by atoms with Crippen molar-refractivity contribution in [3.05, 3.63) is 29.3 Å². The molecular weight excluding hydrogens is 262 g/mol. The number of nitriles is 1. The number of rotatable bonds is 10. The van der Waals surface area contributed by atoms with Gasteiger partial charge >= 0.3 is 0 Å². The molecule has 0 bridgehead atoms. The van der Waals surface area contributed by atoms with Crippen molar-refractivity contribution in [1.82, 2.24) is 5.32 Å². The van der Waals surface area contributed by atoms with Crippen molar-refractivity contribution in [1.29, 1.82) is 5.26 Å². The lowest BCUT2D eigenvalue weighted by atomic mass is 10.1. The zero-order chi connectivity index (χ0) is 15.5. The normalized spacial score (nSPS) is 10.4. The number of benzene rings is 1. The Morgan fingerprint density at radius 1 is 1.29 bits per heavy atom. The average molecular weight is 289 g/mol. The van der Waals surface area contributed by atoms with Gasteiger partial charge in [-0.05, 0) is 49.9 Å². The minimum atomic E-state index is 0.257. The lowest BCUT2D eigenvalue weighted by Gasteiger charge is -2.21. The van der Waals surface area contributed by atoms with Crippen LogP contribution in [0.2, 0.25) is 0 Å². The maximum absolute atomic E-state index is 9.34. The molecule has 0 aliphatic carbocycles. The fraction of sp³-hybridized carbons (Fsp3) is 0.588. The van der Waals surface area contributed by atoms with Crippen LogP contribution < -0.4 is 10.2 Å². The van der Waals surface area contributed by atoms with Crippen LogP contribution >= 0.6 is 0 Å². The van der Waals surface area contributed by atoms with E-state index in [1.807, 2.05) is 19.2 Å². The van der Waals surface area contributed by atoms with Crippen LogP contribution in [0, 0.1) is 11.3 Å². The van der Waals surface area contributed by atoms with Crippen molar-refractivity contribution in [2.45, 2.75) is 39.2 Å². The quantitative estimate of drug-likeness (QED) is 0.650. The minimum Gasteiger partial charge on any atom is -0.396 e. The largest absolute Gasteiger partial charge is 0.396 e. The molecular formula is C17H27N3O. The number of anilines is 1. The van der Waals surface area contributed by atoms with Gasteiger partial charge in [-0.25, -0.2) is 0 Å². The zero-order valence-electron chi connectivity index (χ0n) is 13.2. The molecule has 0 heterocycles. The third-order valence-electron chi connectivity index (χ3n) is 3.50. The fourth-order valence-corrected chi connectivity index (χ4v) is 2.28. The number of nitrogens with one attached hydrogen (secondary N) is 1. The number of hydrogen-bond acceptors (Lipinski definition) is 4. The predicted octanol–water partition coefficient (Wildman–Crippen LogP) is 2.66. The van der Waals surface area contributed by atoms with E-state index in [0.29, 0.717) is 0 Å². The predicted molar refractivity (Wildman–Crippen MR) is 87.4 cm³/mol. The second-order valence-electron chi connectivity index (χ2n) is 5.35. The lowest BCUT2D eigenvalue weighted by Crippen LogP contribution is -2.20. The van der Waals surface area contributed by atoms with Crippen LogP contribution in [-0.4, -0.2) is 31.9 Å². The molecule has 4 heteroatoms. The molecule has 116 valence electrons. The maximum Gasteiger partial charge on any atom is 0.101 e. The molecule has 2 N–H and O–H groups in total. The van der Waals surface area contributed by atoms with Gasteiger partial charge < -0.3 is 15.3 Å². The summed E-state index contributed by atoms with van der Waals surface area (Å²) < 4.78 is 0. The molecule has 0 spiro atoms. The molecule has 0 fully saturated rings. The fourth-order valence-electron chi connectivity index (χ4n) is 2.28. The first-order valence-electron chi connectivity index (χ1n) is 7.78. The van der Waals surface area contributed by atoms with Gasteiger partial charge in [-0.15, -0.1) is 0 Å². The molecule has 0 unspecified atom stereocenters. The van der Waals surface area contributed by atoms with Crippen molar-refractivity contribution in [3.63, 3.8) is 0 Å². The number of aliphatic hydroxyl groups excluding tert-OH is 1. The van der Waals surface area contributed by atoms with E-state index in [-0.39, 0.29) is 6.61 Å². The van der Waals surface area contributed by atoms with Crippen molar-refractivity contribution in [2.75, 3.05) is 31.6 Å². The van der Waals surface area contributed by atoms with Gasteiger partial charge in [-0.1, -0.05) is 13.0 Å². The molecule has 0 atom stereocenters. The first-order chi connectivity index (χ1) is 10.2. The summed E-state index contributed by atoms with van der Waals surface area (Å²) in [6, 6.07) is 8.40. The van der Waals surface area contributed by atoms with Crippen molar-refractivity contribution in [3.8, 4) is 6.07 Å². The Morgan fingerprint density at radius 2 is 2.10 bits per heavy atom. The lowest BCUT2D eigenvalue weighted by molar-refractivity contribution is 0.283. The number of nitrogens with zero attached hydrogens (tertiary/aromatic N) is 2. The van der Waals surface area contributed by atoms with E-state index in [4.69, 9.17) is 5.11 Å². The standard InChI is InChI=1S/C17H27N3O/c1-3-9-19-14-15-7-8-17(16(12-15)13-18)20(2)10-5-4-6-11-21/h7-8,12,19,21H,3-6,9-11,14H2,1-2H3. The highest BCUT2D eigenvalue weighted by molar-refractivity contribution is 5.60. The molecule has 0 aliphatic rings. The SMILES string of the molecule is CCCNCc1ccc(N(C)CCCCCO)c(C#N)c1. The number of aliphatic hydroxyl groups is 1. The molecule has 4 nitrogen and oxygen atoms in total. The molecule has 1 aromatic carbocycles. The summed E-state index contributed by atoms with van der Waals surface area (Å²) in [6.45, 7) is 5.11. The van der Waals surface area contributed by atoms with Crippen LogP contribution in [0.4, 0.5) is 5.69 Å². The van der Waals surface area contributed by atoms with E-state index in [0.717, 1.165) is 62.1 Å². The summed E-state index contributed by atoms with van der Waals surface area (Å²) in [6.07, 6.45) is 4.00. The van der Waals surface area contributed by atoms with Gasteiger partial charge in [-0.3, -0.25) is 0 Å². The average Bonchev–Trinajstić information content (AvgIpc) is 2.51. The topological polar surface area (TPSA) is 59.3 Å². The van der Waals surface area contributed by atoms with Gasteiger partial charge in [0.05, 0.1) is 11.3 Å². The van der Waals surface area contributed by atoms with E-state index in [9.17, 15) is 5.26 Å². The van der Waals surface area contributed by atoms with Crippen molar-refractivity contribution in [2.24, 2.45) is 0 Å². The third-order valence-corrected chi connectivity index (χ3v) is 3.50. The van der Waals surface area contributed by atoms with Crippen LogP contribution in [0.25, 0.3) is 0 Å². The highest BCUT2D eigenvalue weighted by atomic mass is 16.2. The van der Waals surface area contributed by atoms with E-state index in [2.05, 4.69) is 29.3 Å². The zero-order valence-corrected chi connectivity index (χ0v) is 13.2. The molecule has 1 rings (SSSR count). The van der Waals surface area contributed by atoms with E-state index >= 15 is 0 Å². The van der Waals surface area contributed by atoms with Crippen molar-refractivity contribution < 1.29 is 5.11 Å². The monoisotopic (exact) mass is 289 g/mol. The van der Waals surface area contributed by atoms with Crippen molar-refractivity contribution >= 4 is 5.69 Å². The highest BCUT2D eigenvalue weighted by Gasteiger charge is 2.08. The van der Waals surface area contributed by atoms with Gasteiger partial charge in [0.2, 0.25) is 0 Å². The second kappa shape index (κ2) is 10.2. The minimum absolute atomic E-state index is 0.257. The van der Waals surface area contributed by atoms with E-state index in [1.165, 1.54) is 0 Å². The molecule has 21 heavy (non-hydrogen) atoms. The molecule has 0 radical (unpaired) electrons. The summed E-state index contributed by atoms with van der Waals surface area (Å²) in [7, 11) is 2.02. The van der Waals surface area contributed by atoms with Gasteiger partial charge in [-0.2, -0.15) is 5.26 Å². The maximum atomic E-state index is 9.34. The van der Waals surface area contributed by atoms with Crippen LogP contribution in [0.1, 0.15) is 43.7 Å². The smallest absolute Gasteiger partial charge is 0.101 e. The van der Waals surface area contributed by atoms with E-state index in [1.54, 1.807) is 0 Å². The summed E-state index contributed by atoms with van der Waals surface area (Å²) >= 11 is 0. The molecule has 0 aromatic heterocycles. The second-order valence-corrected chi connectivity index (χ2v) is 5.35. The Balaban J connectivity index is 2.63. The van der Waals surface area contributed by atoms with Gasteiger partial charge in [0.25, 0.3) is 0 Å². The van der Waals surface area contributed by atoms with Crippen LogP contribution in [0.3, 0.4) is 0 Å². The Labute approximate surface area is 128 Å². The van der Waals surface area contributed by atoms with Gasteiger partial charge in [0.1, 0.15) is 6.07 Å². The molecule has 0 amide bonds. The Kier molecular flexibility index (Phi) is 8.49. The Bertz CT molecular complexity index is 454. The van der Waals surface area contributed by atoms with Crippen LogP contribution in [0.15, 0.2) is 18.2 Å².